The van der Waals surface area contributed by atoms with Crippen LogP contribution in [0.1, 0.15) is 17.3 Å². The van der Waals surface area contributed by atoms with Crippen LogP contribution in [0, 0.1) is 6.92 Å². The molecular formula is C14H10F3N5O2. The molecule has 24 heavy (non-hydrogen) atoms. The van der Waals surface area contributed by atoms with Gasteiger partial charge in [-0.3, -0.25) is 0 Å². The molecule has 0 radical (unpaired) electrons. The molecule has 3 aromatic rings. The maximum Gasteiger partial charge on any atom is 0.470 e. The lowest BCUT2D eigenvalue weighted by Gasteiger charge is -1.99. The quantitative estimate of drug-likeness (QED) is 0.790. The lowest BCUT2D eigenvalue weighted by molar-refractivity contribution is -0.157. The molecule has 0 bridgehead atoms. The van der Waals surface area contributed by atoms with Crippen molar-refractivity contribution in [3.05, 3.63) is 41.9 Å². The Morgan fingerprint density at radius 3 is 2.67 bits per heavy atom. The molecule has 0 unspecified atom stereocenters. The van der Waals surface area contributed by atoms with Crippen LogP contribution in [0.4, 0.5) is 13.2 Å². The molecule has 0 saturated heterocycles. The maximum atomic E-state index is 12.4. The number of aromatic nitrogens is 5. The van der Waals surface area contributed by atoms with E-state index in [-0.39, 0.29) is 11.6 Å². The van der Waals surface area contributed by atoms with Crippen molar-refractivity contribution < 1.29 is 22.7 Å². The fourth-order valence-electron chi connectivity index (χ4n) is 1.93. The van der Waals surface area contributed by atoms with Crippen LogP contribution < -0.4 is 0 Å². The number of aromatic hydroxyl groups is 1. The summed E-state index contributed by atoms with van der Waals surface area (Å²) in [5.74, 6) is -1.30. The molecule has 124 valence electrons. The van der Waals surface area contributed by atoms with Crippen molar-refractivity contribution in [2.24, 2.45) is 0 Å². The summed E-state index contributed by atoms with van der Waals surface area (Å²) in [5.41, 5.74) is 1.44. The summed E-state index contributed by atoms with van der Waals surface area (Å²) in [4.78, 5) is 4.07. The van der Waals surface area contributed by atoms with Crippen LogP contribution in [0.5, 0.6) is 5.75 Å². The van der Waals surface area contributed by atoms with Crippen LogP contribution in [0.2, 0.25) is 0 Å². The standard InChI is InChI=1S/C14H10F3N5O2/c1-8-4-9(6-10(23)5-8)12-18-7-22(21-12)3-2-11-19-20-13(24-11)14(15,16)17/h2-7,23H,1H3/b3-2-. The first kappa shape index (κ1) is 15.7. The minimum atomic E-state index is -4.69. The summed E-state index contributed by atoms with van der Waals surface area (Å²) in [6.07, 6.45) is -0.840. The molecule has 0 aliphatic heterocycles. The number of rotatable bonds is 3. The maximum absolute atomic E-state index is 12.4. The number of hydrogen-bond acceptors (Lipinski definition) is 6. The van der Waals surface area contributed by atoms with E-state index in [0.29, 0.717) is 11.4 Å². The number of phenolic OH excluding ortho intramolecular Hbond substituents is 1. The van der Waals surface area contributed by atoms with Gasteiger partial charge in [-0.2, -0.15) is 13.2 Å². The van der Waals surface area contributed by atoms with Crippen molar-refractivity contribution in [1.29, 1.82) is 0 Å². The number of alkyl halides is 3. The number of nitrogens with zero attached hydrogens (tertiary/aromatic N) is 5. The van der Waals surface area contributed by atoms with Gasteiger partial charge >= 0.3 is 12.1 Å². The van der Waals surface area contributed by atoms with Crippen LogP contribution in [0.25, 0.3) is 23.7 Å². The monoisotopic (exact) mass is 337 g/mol. The molecule has 2 aromatic heterocycles. The average molecular weight is 337 g/mol. The van der Waals surface area contributed by atoms with E-state index in [2.05, 4.69) is 24.7 Å². The summed E-state index contributed by atoms with van der Waals surface area (Å²) >= 11 is 0. The van der Waals surface area contributed by atoms with E-state index >= 15 is 0 Å². The fraction of sp³-hybridized carbons (Fsp3) is 0.143. The SMILES string of the molecule is Cc1cc(O)cc(-c2ncn(/C=C\c3nnc(C(F)(F)F)o3)n2)c1. The Bertz CT molecular complexity index is 878. The predicted molar refractivity (Wildman–Crippen MR) is 76.4 cm³/mol. The third-order valence-electron chi connectivity index (χ3n) is 2.88. The first-order valence-corrected chi connectivity index (χ1v) is 6.62. The van der Waals surface area contributed by atoms with Crippen molar-refractivity contribution in [3.63, 3.8) is 0 Å². The van der Waals surface area contributed by atoms with Crippen LogP contribution in [0.15, 0.2) is 28.9 Å². The van der Waals surface area contributed by atoms with Crippen LogP contribution in [-0.4, -0.2) is 30.1 Å². The zero-order valence-electron chi connectivity index (χ0n) is 12.2. The van der Waals surface area contributed by atoms with Crippen molar-refractivity contribution in [2.75, 3.05) is 0 Å². The van der Waals surface area contributed by atoms with Crippen molar-refractivity contribution >= 4 is 12.3 Å². The van der Waals surface area contributed by atoms with E-state index in [0.717, 1.165) is 5.56 Å². The van der Waals surface area contributed by atoms with Gasteiger partial charge in [0.15, 0.2) is 5.82 Å². The predicted octanol–water partition coefficient (Wildman–Crippen LogP) is 2.99. The van der Waals surface area contributed by atoms with E-state index in [4.69, 9.17) is 0 Å². The highest BCUT2D eigenvalue weighted by Gasteiger charge is 2.37. The minimum Gasteiger partial charge on any atom is -0.508 e. The smallest absolute Gasteiger partial charge is 0.470 e. The summed E-state index contributed by atoms with van der Waals surface area (Å²) in [5, 5.41) is 19.9. The molecule has 3 rings (SSSR count). The van der Waals surface area contributed by atoms with Gasteiger partial charge in [0.25, 0.3) is 0 Å². The van der Waals surface area contributed by atoms with Gasteiger partial charge in [0.1, 0.15) is 12.1 Å². The molecule has 0 amide bonds. The number of benzene rings is 1. The normalized spacial score (nSPS) is 12.2. The second-order valence-electron chi connectivity index (χ2n) is 4.86. The highest BCUT2D eigenvalue weighted by atomic mass is 19.4. The van der Waals surface area contributed by atoms with E-state index in [1.165, 1.54) is 29.4 Å². The van der Waals surface area contributed by atoms with Crippen LogP contribution in [-0.2, 0) is 6.18 Å². The number of halogens is 3. The Labute approximate surface area is 133 Å². The third kappa shape index (κ3) is 3.42. The molecule has 0 aliphatic carbocycles. The van der Waals surface area contributed by atoms with Crippen LogP contribution >= 0.6 is 0 Å². The Hall–Kier alpha value is -3.17. The van der Waals surface area contributed by atoms with E-state index in [1.807, 2.05) is 6.92 Å². The van der Waals surface area contributed by atoms with Gasteiger partial charge in [0.2, 0.25) is 5.89 Å². The van der Waals surface area contributed by atoms with Crippen molar-refractivity contribution in [2.45, 2.75) is 13.1 Å². The Balaban J connectivity index is 1.80. The second kappa shape index (κ2) is 5.80. The van der Waals surface area contributed by atoms with Gasteiger partial charge in [0.05, 0.1) is 0 Å². The lowest BCUT2D eigenvalue weighted by atomic mass is 10.1. The Morgan fingerprint density at radius 2 is 2.00 bits per heavy atom. The molecule has 7 nitrogen and oxygen atoms in total. The van der Waals surface area contributed by atoms with E-state index in [9.17, 15) is 18.3 Å². The third-order valence-corrected chi connectivity index (χ3v) is 2.88. The first-order chi connectivity index (χ1) is 11.3. The van der Waals surface area contributed by atoms with Gasteiger partial charge in [-0.15, -0.1) is 15.3 Å². The van der Waals surface area contributed by atoms with Crippen molar-refractivity contribution in [1.82, 2.24) is 25.0 Å². The van der Waals surface area contributed by atoms with Gasteiger partial charge in [-0.25, -0.2) is 9.67 Å². The van der Waals surface area contributed by atoms with Gasteiger partial charge in [-0.1, -0.05) is 0 Å². The molecular weight excluding hydrogens is 327 g/mol. The highest BCUT2D eigenvalue weighted by Crippen LogP contribution is 2.28. The first-order valence-electron chi connectivity index (χ1n) is 6.62. The van der Waals surface area contributed by atoms with Gasteiger partial charge < -0.3 is 9.52 Å². The Kier molecular flexibility index (Phi) is 3.80. The molecule has 2 heterocycles. The van der Waals surface area contributed by atoms with Crippen LogP contribution in [0.3, 0.4) is 0 Å². The summed E-state index contributed by atoms with van der Waals surface area (Å²) in [6.45, 7) is 1.81. The average Bonchev–Trinajstić information content (AvgIpc) is 3.13. The summed E-state index contributed by atoms with van der Waals surface area (Å²) in [6, 6.07) is 4.88. The summed E-state index contributed by atoms with van der Waals surface area (Å²) < 4.78 is 42.8. The van der Waals surface area contributed by atoms with Crippen molar-refractivity contribution in [3.8, 4) is 17.1 Å². The number of aryl methyl sites for hydroxylation is 1. The highest BCUT2D eigenvalue weighted by molar-refractivity contribution is 5.59. The second-order valence-corrected chi connectivity index (χ2v) is 4.86. The van der Waals surface area contributed by atoms with Gasteiger partial charge in [-0.05, 0) is 30.7 Å². The molecule has 0 atom stereocenters. The van der Waals surface area contributed by atoms with E-state index in [1.54, 1.807) is 12.1 Å². The zero-order chi connectivity index (χ0) is 17.3. The van der Waals surface area contributed by atoms with Gasteiger partial charge in [0, 0.05) is 17.8 Å². The zero-order valence-corrected chi connectivity index (χ0v) is 12.2. The molecule has 0 aliphatic rings. The summed E-state index contributed by atoms with van der Waals surface area (Å²) in [7, 11) is 0. The molecule has 10 heteroatoms. The fourth-order valence-corrected chi connectivity index (χ4v) is 1.93. The molecule has 0 spiro atoms. The molecule has 1 N–H and O–H groups in total. The molecule has 0 fully saturated rings. The number of phenols is 1. The largest absolute Gasteiger partial charge is 0.508 e. The van der Waals surface area contributed by atoms with E-state index < -0.39 is 12.1 Å². The minimum absolute atomic E-state index is 0.0856. The molecule has 0 saturated carbocycles. The topological polar surface area (TPSA) is 89.9 Å². The Morgan fingerprint density at radius 1 is 1.21 bits per heavy atom. The molecule has 1 aromatic carbocycles. The number of hydrogen-bond donors (Lipinski definition) is 1. The lowest BCUT2D eigenvalue weighted by Crippen LogP contribution is -2.04.